The van der Waals surface area contributed by atoms with Crippen molar-refractivity contribution in [3.8, 4) is 0 Å². The van der Waals surface area contributed by atoms with Crippen LogP contribution < -0.4 is 5.32 Å². The zero-order valence-electron chi connectivity index (χ0n) is 8.57. The molecule has 2 rings (SSSR count). The van der Waals surface area contributed by atoms with Gasteiger partial charge < -0.3 is 14.6 Å². The Morgan fingerprint density at radius 2 is 2.64 bits per heavy atom. The van der Waals surface area contributed by atoms with Crippen LogP contribution >= 0.6 is 0 Å². The average molecular weight is 195 g/mol. The van der Waals surface area contributed by atoms with Crippen LogP contribution in [0.2, 0.25) is 0 Å². The smallest absolute Gasteiger partial charge is 0.0952 e. The van der Waals surface area contributed by atoms with E-state index in [0.29, 0.717) is 6.04 Å². The van der Waals surface area contributed by atoms with Crippen molar-refractivity contribution >= 4 is 0 Å². The third-order valence-corrected chi connectivity index (χ3v) is 2.63. The van der Waals surface area contributed by atoms with Crippen molar-refractivity contribution < 1.29 is 4.74 Å². The largest absolute Gasteiger partial charge is 0.379 e. The lowest BCUT2D eigenvalue weighted by Gasteiger charge is -2.24. The third-order valence-electron chi connectivity index (χ3n) is 2.63. The Bertz CT molecular complexity index is 279. The normalized spacial score (nSPS) is 22.5. The van der Waals surface area contributed by atoms with E-state index in [0.717, 1.165) is 26.2 Å². The van der Waals surface area contributed by atoms with E-state index in [-0.39, 0.29) is 0 Å². The fourth-order valence-electron chi connectivity index (χ4n) is 1.92. The van der Waals surface area contributed by atoms with E-state index in [2.05, 4.69) is 14.9 Å². The molecule has 0 bridgehead atoms. The number of nitrogens with zero attached hydrogens (tertiary/aromatic N) is 2. The Balaban J connectivity index is 2.09. The molecule has 78 valence electrons. The quantitative estimate of drug-likeness (QED) is 0.780. The first kappa shape index (κ1) is 9.68. The van der Waals surface area contributed by atoms with Gasteiger partial charge in [0, 0.05) is 19.3 Å². The first-order chi connectivity index (χ1) is 6.92. The zero-order valence-corrected chi connectivity index (χ0v) is 8.57. The van der Waals surface area contributed by atoms with Gasteiger partial charge in [0.2, 0.25) is 0 Å². The molecule has 1 fully saturated rings. The van der Waals surface area contributed by atoms with E-state index < -0.39 is 0 Å². The van der Waals surface area contributed by atoms with E-state index >= 15 is 0 Å². The maximum atomic E-state index is 5.47. The maximum absolute atomic E-state index is 5.47. The molecule has 1 aliphatic heterocycles. The molecule has 0 spiro atoms. The second-order valence-electron chi connectivity index (χ2n) is 3.69. The van der Waals surface area contributed by atoms with Crippen LogP contribution in [0, 0.1) is 0 Å². The fourth-order valence-corrected chi connectivity index (χ4v) is 1.92. The van der Waals surface area contributed by atoms with Crippen LogP contribution in [0.25, 0.3) is 0 Å². The predicted molar refractivity (Wildman–Crippen MR) is 54.1 cm³/mol. The summed E-state index contributed by atoms with van der Waals surface area (Å²) in [5, 5.41) is 3.15. The van der Waals surface area contributed by atoms with Crippen LogP contribution in [-0.2, 0) is 11.3 Å². The van der Waals surface area contributed by atoms with Crippen LogP contribution in [0.3, 0.4) is 0 Å². The van der Waals surface area contributed by atoms with E-state index in [1.807, 2.05) is 19.6 Å². The van der Waals surface area contributed by atoms with Crippen LogP contribution in [0.1, 0.15) is 24.6 Å². The zero-order chi connectivity index (χ0) is 9.80. The van der Waals surface area contributed by atoms with Crippen molar-refractivity contribution in [1.82, 2.24) is 14.9 Å². The molecule has 2 heterocycles. The van der Waals surface area contributed by atoms with Crippen LogP contribution in [-0.4, -0.2) is 29.8 Å². The highest BCUT2D eigenvalue weighted by Crippen LogP contribution is 2.20. The molecule has 0 saturated carbocycles. The third kappa shape index (κ3) is 1.96. The molecule has 0 aliphatic carbocycles. The molecule has 1 aliphatic rings. The van der Waals surface area contributed by atoms with E-state index in [1.165, 1.54) is 12.1 Å². The van der Waals surface area contributed by atoms with Crippen molar-refractivity contribution in [2.75, 3.05) is 20.3 Å². The molecule has 1 unspecified atom stereocenters. The number of nitrogens with one attached hydrogen (secondary N) is 1. The summed E-state index contributed by atoms with van der Waals surface area (Å²) in [6.07, 6.45) is 6.19. The Hall–Kier alpha value is -0.870. The Labute approximate surface area is 84.3 Å². The van der Waals surface area contributed by atoms with Crippen molar-refractivity contribution in [1.29, 1.82) is 0 Å². The predicted octanol–water partition coefficient (Wildman–Crippen LogP) is 0.954. The lowest BCUT2D eigenvalue weighted by Crippen LogP contribution is -2.23. The first-order valence-corrected chi connectivity index (χ1v) is 5.15. The molecular formula is C10H17N3O. The van der Waals surface area contributed by atoms with Gasteiger partial charge in [0.1, 0.15) is 0 Å². The molecule has 4 heteroatoms. The van der Waals surface area contributed by atoms with Gasteiger partial charge >= 0.3 is 0 Å². The number of imidazole rings is 1. The summed E-state index contributed by atoms with van der Waals surface area (Å²) in [7, 11) is 1.95. The Kier molecular flexibility index (Phi) is 3.16. The second kappa shape index (κ2) is 4.57. The molecule has 4 nitrogen and oxygen atoms in total. The van der Waals surface area contributed by atoms with E-state index in [4.69, 9.17) is 4.74 Å². The van der Waals surface area contributed by atoms with Gasteiger partial charge in [-0.3, -0.25) is 0 Å². The number of ether oxygens (including phenoxy) is 1. The van der Waals surface area contributed by atoms with Crippen LogP contribution in [0.15, 0.2) is 12.5 Å². The molecule has 1 aromatic heterocycles. The Morgan fingerprint density at radius 1 is 1.71 bits per heavy atom. The number of rotatable bonds is 3. The lowest BCUT2D eigenvalue weighted by molar-refractivity contribution is 0.0582. The molecular weight excluding hydrogens is 178 g/mol. The number of hydrogen-bond acceptors (Lipinski definition) is 3. The molecule has 0 aromatic carbocycles. The highest BCUT2D eigenvalue weighted by atomic mass is 16.5. The highest BCUT2D eigenvalue weighted by molar-refractivity contribution is 5.00. The van der Waals surface area contributed by atoms with Gasteiger partial charge in [0.15, 0.2) is 0 Å². The van der Waals surface area contributed by atoms with E-state index in [9.17, 15) is 0 Å². The van der Waals surface area contributed by atoms with Crippen LogP contribution in [0.4, 0.5) is 0 Å². The molecule has 1 atom stereocenters. The molecule has 1 saturated heterocycles. The maximum Gasteiger partial charge on any atom is 0.0952 e. The first-order valence-electron chi connectivity index (χ1n) is 5.15. The van der Waals surface area contributed by atoms with Gasteiger partial charge in [-0.2, -0.15) is 0 Å². The molecule has 0 amide bonds. The summed E-state index contributed by atoms with van der Waals surface area (Å²) in [5.74, 6) is 0. The molecule has 1 aromatic rings. The minimum absolute atomic E-state index is 0.481. The number of aromatic nitrogens is 2. The average Bonchev–Trinajstić information content (AvgIpc) is 2.68. The topological polar surface area (TPSA) is 39.1 Å². The molecule has 14 heavy (non-hydrogen) atoms. The Morgan fingerprint density at radius 3 is 3.36 bits per heavy atom. The minimum atomic E-state index is 0.481. The minimum Gasteiger partial charge on any atom is -0.379 e. The van der Waals surface area contributed by atoms with Gasteiger partial charge in [-0.1, -0.05) is 0 Å². The molecule has 1 N–H and O–H groups in total. The van der Waals surface area contributed by atoms with Gasteiger partial charge in [0.05, 0.1) is 24.7 Å². The van der Waals surface area contributed by atoms with E-state index in [1.54, 1.807) is 0 Å². The number of hydrogen-bond donors (Lipinski definition) is 1. The highest BCUT2D eigenvalue weighted by Gasteiger charge is 2.17. The summed E-state index contributed by atoms with van der Waals surface area (Å²) in [6, 6.07) is 0.481. The lowest BCUT2D eigenvalue weighted by atomic mass is 10.1. The summed E-state index contributed by atoms with van der Waals surface area (Å²) >= 11 is 0. The van der Waals surface area contributed by atoms with Gasteiger partial charge in [-0.05, 0) is 19.9 Å². The summed E-state index contributed by atoms with van der Waals surface area (Å²) < 4.78 is 7.70. The van der Waals surface area contributed by atoms with Gasteiger partial charge in [0.25, 0.3) is 0 Å². The summed E-state index contributed by atoms with van der Waals surface area (Å²) in [4.78, 5) is 4.18. The van der Waals surface area contributed by atoms with Crippen molar-refractivity contribution in [3.05, 3.63) is 18.2 Å². The van der Waals surface area contributed by atoms with Crippen molar-refractivity contribution in [2.45, 2.75) is 25.4 Å². The van der Waals surface area contributed by atoms with Gasteiger partial charge in [-0.25, -0.2) is 4.98 Å². The summed E-state index contributed by atoms with van der Waals surface area (Å²) in [5.41, 5.74) is 1.24. The monoisotopic (exact) mass is 195 g/mol. The summed E-state index contributed by atoms with van der Waals surface area (Å²) in [6.45, 7) is 2.61. The molecule has 0 radical (unpaired) electrons. The van der Waals surface area contributed by atoms with Crippen molar-refractivity contribution in [2.24, 2.45) is 0 Å². The SMILES string of the molecule is CNCc1cncn1C1CCCOC1. The fraction of sp³-hybridized carbons (Fsp3) is 0.700. The van der Waals surface area contributed by atoms with Gasteiger partial charge in [-0.15, -0.1) is 0 Å². The van der Waals surface area contributed by atoms with Crippen LogP contribution in [0.5, 0.6) is 0 Å². The standard InChI is InChI=1S/C10H17N3O/c1-11-5-10-6-12-8-13(10)9-3-2-4-14-7-9/h6,8-9,11H,2-5,7H2,1H3. The second-order valence-corrected chi connectivity index (χ2v) is 3.69. The van der Waals surface area contributed by atoms with Crippen molar-refractivity contribution in [3.63, 3.8) is 0 Å².